The van der Waals surface area contributed by atoms with Crippen molar-refractivity contribution < 1.29 is 4.79 Å². The monoisotopic (exact) mass is 258 g/mol. The van der Waals surface area contributed by atoms with Gasteiger partial charge in [0.15, 0.2) is 0 Å². The van der Waals surface area contributed by atoms with Gasteiger partial charge in [-0.25, -0.2) is 0 Å². The molecule has 2 saturated carbocycles. The first-order valence-corrected chi connectivity index (χ1v) is 7.35. The second kappa shape index (κ2) is 5.33. The molecule has 102 valence electrons. The van der Waals surface area contributed by atoms with Crippen LogP contribution in [0.2, 0.25) is 0 Å². The lowest BCUT2D eigenvalue weighted by molar-refractivity contribution is -0.125. The zero-order chi connectivity index (χ0) is 13.2. The van der Waals surface area contributed by atoms with Crippen LogP contribution in [0.4, 0.5) is 0 Å². The van der Waals surface area contributed by atoms with Crippen LogP contribution in [0.15, 0.2) is 30.3 Å². The molecule has 0 spiro atoms. The summed E-state index contributed by atoms with van der Waals surface area (Å²) >= 11 is 0. The Balaban J connectivity index is 1.67. The molecule has 3 heteroatoms. The van der Waals surface area contributed by atoms with Crippen molar-refractivity contribution >= 4 is 5.91 Å². The van der Waals surface area contributed by atoms with Gasteiger partial charge in [-0.3, -0.25) is 4.79 Å². The molecule has 1 aromatic rings. The number of nitrogens with two attached hydrogens (primary N) is 1. The standard InChI is InChI=1S/C16H22N2O/c17-14-9-8-13(10-14)16(19)18-15(12-6-7-12)11-4-2-1-3-5-11/h1-5,12-15H,6-10,17H2,(H,18,19). The van der Waals surface area contributed by atoms with Crippen LogP contribution in [0.25, 0.3) is 0 Å². The zero-order valence-electron chi connectivity index (χ0n) is 11.2. The van der Waals surface area contributed by atoms with Crippen LogP contribution in [-0.2, 0) is 4.79 Å². The molecule has 0 saturated heterocycles. The lowest BCUT2D eigenvalue weighted by Gasteiger charge is -2.21. The fourth-order valence-corrected chi connectivity index (χ4v) is 3.09. The Bertz CT molecular complexity index is 441. The molecule has 0 aromatic heterocycles. The average Bonchev–Trinajstić information content (AvgIpc) is 3.18. The Morgan fingerprint density at radius 1 is 1.16 bits per heavy atom. The maximum absolute atomic E-state index is 12.3. The molecule has 0 radical (unpaired) electrons. The summed E-state index contributed by atoms with van der Waals surface area (Å²) in [5, 5.41) is 3.26. The van der Waals surface area contributed by atoms with E-state index in [0.717, 1.165) is 19.3 Å². The summed E-state index contributed by atoms with van der Waals surface area (Å²) in [5.74, 6) is 0.954. The van der Waals surface area contributed by atoms with Gasteiger partial charge in [0.05, 0.1) is 6.04 Å². The maximum atomic E-state index is 12.3. The molecule has 19 heavy (non-hydrogen) atoms. The van der Waals surface area contributed by atoms with E-state index < -0.39 is 0 Å². The van der Waals surface area contributed by atoms with Gasteiger partial charge in [0.25, 0.3) is 0 Å². The molecule has 3 atom stereocenters. The van der Waals surface area contributed by atoms with E-state index in [1.807, 2.05) is 18.2 Å². The summed E-state index contributed by atoms with van der Waals surface area (Å²) in [6.45, 7) is 0. The van der Waals surface area contributed by atoms with Crippen molar-refractivity contribution in [3.05, 3.63) is 35.9 Å². The molecule has 1 amide bonds. The van der Waals surface area contributed by atoms with Crippen LogP contribution in [0.5, 0.6) is 0 Å². The van der Waals surface area contributed by atoms with Crippen molar-refractivity contribution in [1.82, 2.24) is 5.32 Å². The molecule has 0 aliphatic heterocycles. The normalized spacial score (nSPS) is 28.1. The molecule has 3 rings (SSSR count). The Labute approximate surface area is 114 Å². The number of amides is 1. The fraction of sp³-hybridized carbons (Fsp3) is 0.562. The van der Waals surface area contributed by atoms with E-state index in [2.05, 4.69) is 17.4 Å². The van der Waals surface area contributed by atoms with Crippen molar-refractivity contribution in [2.45, 2.75) is 44.2 Å². The van der Waals surface area contributed by atoms with Gasteiger partial charge in [-0.2, -0.15) is 0 Å². The quantitative estimate of drug-likeness (QED) is 0.871. The fourth-order valence-electron chi connectivity index (χ4n) is 3.09. The molecule has 2 fully saturated rings. The van der Waals surface area contributed by atoms with Gasteiger partial charge in [0.1, 0.15) is 0 Å². The second-order valence-corrected chi connectivity index (χ2v) is 6.00. The van der Waals surface area contributed by atoms with E-state index in [1.165, 1.54) is 18.4 Å². The number of nitrogens with one attached hydrogen (secondary N) is 1. The maximum Gasteiger partial charge on any atom is 0.223 e. The smallest absolute Gasteiger partial charge is 0.223 e. The van der Waals surface area contributed by atoms with Gasteiger partial charge >= 0.3 is 0 Å². The van der Waals surface area contributed by atoms with Crippen LogP contribution in [0, 0.1) is 11.8 Å². The Hall–Kier alpha value is -1.35. The third-order valence-corrected chi connectivity index (χ3v) is 4.39. The average molecular weight is 258 g/mol. The Kier molecular flexibility index (Phi) is 3.56. The second-order valence-electron chi connectivity index (χ2n) is 6.00. The highest BCUT2D eigenvalue weighted by atomic mass is 16.2. The highest BCUT2D eigenvalue weighted by Gasteiger charge is 2.36. The first kappa shape index (κ1) is 12.7. The van der Waals surface area contributed by atoms with E-state index in [-0.39, 0.29) is 23.9 Å². The van der Waals surface area contributed by atoms with Crippen LogP contribution in [-0.4, -0.2) is 11.9 Å². The summed E-state index contributed by atoms with van der Waals surface area (Å²) in [6.07, 6.45) is 5.22. The molecule has 3 nitrogen and oxygen atoms in total. The molecule has 0 heterocycles. The van der Waals surface area contributed by atoms with Crippen molar-refractivity contribution in [1.29, 1.82) is 0 Å². The van der Waals surface area contributed by atoms with Gasteiger partial charge in [-0.1, -0.05) is 30.3 Å². The predicted octanol–water partition coefficient (Wildman–Crippen LogP) is 2.38. The lowest BCUT2D eigenvalue weighted by Crippen LogP contribution is -2.34. The Morgan fingerprint density at radius 2 is 1.89 bits per heavy atom. The van der Waals surface area contributed by atoms with Gasteiger partial charge in [-0.05, 0) is 43.6 Å². The van der Waals surface area contributed by atoms with E-state index >= 15 is 0 Å². The summed E-state index contributed by atoms with van der Waals surface area (Å²) in [6, 6.07) is 10.8. The third-order valence-electron chi connectivity index (χ3n) is 4.39. The van der Waals surface area contributed by atoms with E-state index in [1.54, 1.807) is 0 Å². The van der Waals surface area contributed by atoms with Gasteiger partial charge < -0.3 is 11.1 Å². The molecular formula is C16H22N2O. The van der Waals surface area contributed by atoms with Crippen molar-refractivity contribution in [2.75, 3.05) is 0 Å². The minimum absolute atomic E-state index is 0.125. The number of hydrogen-bond donors (Lipinski definition) is 2. The molecular weight excluding hydrogens is 236 g/mol. The van der Waals surface area contributed by atoms with E-state index in [4.69, 9.17) is 5.73 Å². The van der Waals surface area contributed by atoms with Crippen LogP contribution in [0.1, 0.15) is 43.7 Å². The first-order valence-electron chi connectivity index (χ1n) is 7.35. The van der Waals surface area contributed by atoms with Crippen LogP contribution >= 0.6 is 0 Å². The van der Waals surface area contributed by atoms with Gasteiger partial charge in [0, 0.05) is 12.0 Å². The largest absolute Gasteiger partial charge is 0.349 e. The zero-order valence-corrected chi connectivity index (χ0v) is 11.2. The minimum atomic E-state index is 0.125. The first-order chi connectivity index (χ1) is 9.24. The number of hydrogen-bond acceptors (Lipinski definition) is 2. The van der Waals surface area contributed by atoms with Crippen molar-refractivity contribution in [3.63, 3.8) is 0 Å². The number of rotatable bonds is 4. The van der Waals surface area contributed by atoms with E-state index in [0.29, 0.717) is 5.92 Å². The highest BCUT2D eigenvalue weighted by molar-refractivity contribution is 5.79. The highest BCUT2D eigenvalue weighted by Crippen LogP contribution is 2.41. The number of carbonyl (C=O) groups excluding carboxylic acids is 1. The van der Waals surface area contributed by atoms with E-state index in [9.17, 15) is 4.79 Å². The van der Waals surface area contributed by atoms with Crippen molar-refractivity contribution in [3.8, 4) is 0 Å². The summed E-state index contributed by atoms with van der Waals surface area (Å²) in [7, 11) is 0. The molecule has 1 aromatic carbocycles. The van der Waals surface area contributed by atoms with Gasteiger partial charge in [-0.15, -0.1) is 0 Å². The minimum Gasteiger partial charge on any atom is -0.349 e. The number of carbonyl (C=O) groups is 1. The van der Waals surface area contributed by atoms with Crippen LogP contribution < -0.4 is 11.1 Å². The molecule has 0 bridgehead atoms. The molecule has 3 N–H and O–H groups in total. The number of benzene rings is 1. The summed E-state index contributed by atoms with van der Waals surface area (Å²) < 4.78 is 0. The third kappa shape index (κ3) is 2.98. The van der Waals surface area contributed by atoms with Crippen molar-refractivity contribution in [2.24, 2.45) is 17.6 Å². The van der Waals surface area contributed by atoms with Gasteiger partial charge in [0.2, 0.25) is 5.91 Å². The Morgan fingerprint density at radius 3 is 2.47 bits per heavy atom. The summed E-state index contributed by atoms with van der Waals surface area (Å²) in [4.78, 5) is 12.3. The topological polar surface area (TPSA) is 55.1 Å². The SMILES string of the molecule is NC1CCC(C(=O)NC(c2ccccc2)C2CC2)C1. The molecule has 2 aliphatic carbocycles. The van der Waals surface area contributed by atoms with Crippen LogP contribution in [0.3, 0.4) is 0 Å². The molecule has 2 aliphatic rings. The summed E-state index contributed by atoms with van der Waals surface area (Å²) in [5.41, 5.74) is 7.13. The predicted molar refractivity (Wildman–Crippen MR) is 75.4 cm³/mol. The molecule has 3 unspecified atom stereocenters. The lowest BCUT2D eigenvalue weighted by atomic mass is 10.00.